The van der Waals surface area contributed by atoms with E-state index in [1.807, 2.05) is 30.5 Å². The predicted molar refractivity (Wildman–Crippen MR) is 153 cm³/mol. The maximum atomic E-state index is 13.4. The highest BCUT2D eigenvalue weighted by molar-refractivity contribution is 7.89. The van der Waals surface area contributed by atoms with E-state index < -0.39 is 10.0 Å². The van der Waals surface area contributed by atoms with E-state index in [2.05, 4.69) is 16.9 Å². The smallest absolute Gasteiger partial charge is 0.243 e. The second-order valence-corrected chi connectivity index (χ2v) is 13.6. The molecule has 1 fully saturated rings. The quantitative estimate of drug-likeness (QED) is 0.297. The molecule has 210 valence electrons. The van der Waals surface area contributed by atoms with Crippen molar-refractivity contribution >= 4 is 37.4 Å². The van der Waals surface area contributed by atoms with Crippen LogP contribution in [0, 0.1) is 19.8 Å². The molecular formula is C29H32N4O5S2. The molecule has 1 aliphatic heterocycles. The van der Waals surface area contributed by atoms with Crippen molar-refractivity contribution in [2.24, 2.45) is 5.92 Å². The molecule has 3 aromatic heterocycles. The SMILES string of the molecule is Cc1cc(C(=O)COc2ncnc3sc4c(c23)CC[C@H](C)C4)c(C)n1-c1cccc(S(=O)(=O)N2CCOCC2)c1. The Kier molecular flexibility index (Phi) is 7.24. The molecule has 0 N–H and O–H groups in total. The summed E-state index contributed by atoms with van der Waals surface area (Å²) in [6, 6.07) is 8.67. The fraction of sp³-hybridized carbons (Fsp3) is 0.414. The normalized spacial score (nSPS) is 18.1. The van der Waals surface area contributed by atoms with Crippen molar-refractivity contribution < 1.29 is 22.7 Å². The molecule has 40 heavy (non-hydrogen) atoms. The monoisotopic (exact) mass is 580 g/mol. The van der Waals surface area contributed by atoms with E-state index in [9.17, 15) is 13.2 Å². The van der Waals surface area contributed by atoms with E-state index in [0.29, 0.717) is 49.4 Å². The zero-order valence-electron chi connectivity index (χ0n) is 22.8. The number of morpholine rings is 1. The number of Topliss-reactive ketones (excluding diaryl/α,β-unsaturated/α-hetero) is 1. The van der Waals surface area contributed by atoms with E-state index in [1.165, 1.54) is 21.1 Å². The summed E-state index contributed by atoms with van der Waals surface area (Å²) in [5, 5.41) is 0.936. The number of carbonyl (C=O) groups excluding carboxylic acids is 1. The van der Waals surface area contributed by atoms with E-state index in [0.717, 1.165) is 40.9 Å². The molecule has 4 heterocycles. The first-order valence-electron chi connectivity index (χ1n) is 13.5. The summed E-state index contributed by atoms with van der Waals surface area (Å²) in [5.74, 6) is 0.941. The van der Waals surface area contributed by atoms with Crippen LogP contribution >= 0.6 is 11.3 Å². The van der Waals surface area contributed by atoms with Crippen molar-refractivity contribution in [1.29, 1.82) is 0 Å². The Hall–Kier alpha value is -3.12. The van der Waals surface area contributed by atoms with Crippen LogP contribution < -0.4 is 4.74 Å². The Morgan fingerprint density at radius 2 is 1.98 bits per heavy atom. The number of ketones is 1. The Labute approximate surface area is 237 Å². The molecule has 0 spiro atoms. The van der Waals surface area contributed by atoms with E-state index >= 15 is 0 Å². The van der Waals surface area contributed by atoms with Crippen molar-refractivity contribution in [2.75, 3.05) is 32.9 Å². The van der Waals surface area contributed by atoms with Gasteiger partial charge in [-0.15, -0.1) is 11.3 Å². The molecule has 0 unspecified atom stereocenters. The summed E-state index contributed by atoms with van der Waals surface area (Å²) >= 11 is 1.69. The second-order valence-electron chi connectivity index (χ2n) is 10.6. The fourth-order valence-electron chi connectivity index (χ4n) is 5.73. The molecule has 0 radical (unpaired) electrons. The van der Waals surface area contributed by atoms with Gasteiger partial charge in [0, 0.05) is 40.6 Å². The largest absolute Gasteiger partial charge is 0.469 e. The first kappa shape index (κ1) is 27.1. The molecule has 4 aromatic rings. The van der Waals surface area contributed by atoms with Gasteiger partial charge in [-0.1, -0.05) is 13.0 Å². The van der Waals surface area contributed by atoms with Gasteiger partial charge in [-0.3, -0.25) is 4.79 Å². The molecule has 0 bridgehead atoms. The maximum absolute atomic E-state index is 13.4. The molecule has 1 aromatic carbocycles. The lowest BCUT2D eigenvalue weighted by Gasteiger charge is -2.26. The summed E-state index contributed by atoms with van der Waals surface area (Å²) < 4.78 is 41.2. The molecule has 6 rings (SSSR count). The van der Waals surface area contributed by atoms with Gasteiger partial charge in [0.1, 0.15) is 11.2 Å². The first-order valence-corrected chi connectivity index (χ1v) is 15.8. The van der Waals surface area contributed by atoms with Gasteiger partial charge >= 0.3 is 0 Å². The number of hydrogen-bond donors (Lipinski definition) is 0. The number of thiophene rings is 1. The average molecular weight is 581 g/mol. The van der Waals surface area contributed by atoms with Crippen LogP contribution in [0.1, 0.15) is 45.5 Å². The fourth-order valence-corrected chi connectivity index (χ4v) is 8.52. The zero-order chi connectivity index (χ0) is 28.0. The summed E-state index contributed by atoms with van der Waals surface area (Å²) in [4.78, 5) is 24.7. The third kappa shape index (κ3) is 4.85. The van der Waals surface area contributed by atoms with Crippen molar-refractivity contribution in [3.63, 3.8) is 0 Å². The third-order valence-corrected chi connectivity index (χ3v) is 10.9. The number of rotatable bonds is 7. The standard InChI is InChI=1S/C29H32N4O5S2/c1-18-7-8-23-26(13-18)39-29-27(23)28(30-17-31-29)38-16-25(34)24-14-19(2)33(20(24)3)21-5-4-6-22(15-21)40(35,36)32-9-11-37-12-10-32/h4-6,14-15,17-18H,7-13,16H2,1-3H3/t18-/m0/s1. The Morgan fingerprint density at radius 3 is 2.77 bits per heavy atom. The van der Waals surface area contributed by atoms with E-state index in [1.54, 1.807) is 29.5 Å². The van der Waals surface area contributed by atoms with Crippen LogP contribution in [0.25, 0.3) is 15.9 Å². The van der Waals surface area contributed by atoms with Gasteiger partial charge < -0.3 is 14.0 Å². The van der Waals surface area contributed by atoms with Crippen LogP contribution in [0.2, 0.25) is 0 Å². The van der Waals surface area contributed by atoms with Crippen molar-refractivity contribution in [2.45, 2.75) is 44.9 Å². The first-order chi connectivity index (χ1) is 19.2. The minimum absolute atomic E-state index is 0.150. The second kappa shape index (κ2) is 10.7. The number of aryl methyl sites for hydroxylation is 2. The number of benzene rings is 1. The molecule has 1 saturated heterocycles. The number of aromatic nitrogens is 3. The lowest BCUT2D eigenvalue weighted by atomic mass is 9.89. The van der Waals surface area contributed by atoms with Gasteiger partial charge in [-0.2, -0.15) is 4.31 Å². The van der Waals surface area contributed by atoms with Gasteiger partial charge in [-0.05, 0) is 68.9 Å². The van der Waals surface area contributed by atoms with Crippen LogP contribution in [-0.2, 0) is 27.6 Å². The number of ether oxygens (including phenoxy) is 2. The van der Waals surface area contributed by atoms with Crippen LogP contribution in [0.5, 0.6) is 5.88 Å². The van der Waals surface area contributed by atoms with Crippen LogP contribution in [0.4, 0.5) is 0 Å². The lowest BCUT2D eigenvalue weighted by molar-refractivity contribution is 0.0730. The molecule has 0 amide bonds. The molecule has 1 atom stereocenters. The van der Waals surface area contributed by atoms with Crippen molar-refractivity contribution in [3.05, 3.63) is 64.1 Å². The topological polar surface area (TPSA) is 104 Å². The number of fused-ring (bicyclic) bond motifs is 3. The number of nitrogens with zero attached hydrogens (tertiary/aromatic N) is 4. The highest BCUT2D eigenvalue weighted by Crippen LogP contribution is 2.40. The van der Waals surface area contributed by atoms with Crippen molar-refractivity contribution in [1.82, 2.24) is 18.8 Å². The number of hydrogen-bond acceptors (Lipinski definition) is 8. The average Bonchev–Trinajstić information content (AvgIpc) is 3.48. The summed E-state index contributed by atoms with van der Waals surface area (Å²) in [6.45, 7) is 7.32. The van der Waals surface area contributed by atoms with Crippen molar-refractivity contribution in [3.8, 4) is 11.6 Å². The number of sulfonamides is 1. The van der Waals surface area contributed by atoms with Gasteiger partial charge in [0.05, 0.1) is 23.5 Å². The van der Waals surface area contributed by atoms with Crippen LogP contribution in [-0.4, -0.2) is 66.0 Å². The zero-order valence-corrected chi connectivity index (χ0v) is 24.5. The Bertz CT molecular complexity index is 1700. The molecule has 2 aliphatic rings. The van der Waals surface area contributed by atoms with Gasteiger partial charge in [-0.25, -0.2) is 18.4 Å². The minimum Gasteiger partial charge on any atom is -0.469 e. The lowest BCUT2D eigenvalue weighted by Crippen LogP contribution is -2.40. The Balaban J connectivity index is 1.25. The highest BCUT2D eigenvalue weighted by Gasteiger charge is 2.28. The summed E-state index contributed by atoms with van der Waals surface area (Å²) in [5.41, 5.74) is 4.02. The predicted octanol–water partition coefficient (Wildman–Crippen LogP) is 4.51. The highest BCUT2D eigenvalue weighted by atomic mass is 32.2. The molecular weight excluding hydrogens is 548 g/mol. The maximum Gasteiger partial charge on any atom is 0.243 e. The van der Waals surface area contributed by atoms with Gasteiger partial charge in [0.25, 0.3) is 0 Å². The Morgan fingerprint density at radius 1 is 1.18 bits per heavy atom. The summed E-state index contributed by atoms with van der Waals surface area (Å²) in [6.07, 6.45) is 4.62. The van der Waals surface area contributed by atoms with Crippen LogP contribution in [0.3, 0.4) is 0 Å². The molecule has 0 saturated carbocycles. The van der Waals surface area contributed by atoms with E-state index in [-0.39, 0.29) is 17.3 Å². The van der Waals surface area contributed by atoms with Gasteiger partial charge in [0.2, 0.25) is 21.7 Å². The number of carbonyl (C=O) groups is 1. The molecule has 1 aliphatic carbocycles. The van der Waals surface area contributed by atoms with Crippen LogP contribution in [0.15, 0.2) is 41.6 Å². The minimum atomic E-state index is -3.65. The van der Waals surface area contributed by atoms with E-state index in [4.69, 9.17) is 9.47 Å². The molecule has 9 nitrogen and oxygen atoms in total. The summed E-state index contributed by atoms with van der Waals surface area (Å²) in [7, 11) is -3.65. The van der Waals surface area contributed by atoms with Gasteiger partial charge in [0.15, 0.2) is 6.61 Å². The third-order valence-electron chi connectivity index (χ3n) is 7.81. The molecule has 11 heteroatoms.